The summed E-state index contributed by atoms with van der Waals surface area (Å²) >= 11 is 7.45. The van der Waals surface area contributed by atoms with Crippen molar-refractivity contribution in [3.8, 4) is 55.6 Å². The molecule has 0 atom stereocenters. The third-order valence-corrected chi connectivity index (χ3v) is 12.6. The fourth-order valence-electron chi connectivity index (χ4n) is 7.04. The number of hydrogen-bond acceptors (Lipinski definition) is 4. The molecule has 0 aliphatic carbocycles. The Bertz CT molecular complexity index is 2380. The standard InChI is InChI=1S/C40H22S4/c1-3-7-23(8-4-1)33-29(27-15-17-41-21-27)19-25-11-14-32-37-35(25)39(33)43-31-13-12-26-20-30(28-16-18-42-22-28)34(24-9-5-2-6-10-24)40(44-32)36(26)38(31)37/h1-22H. The Hall–Kier alpha value is -4.32. The van der Waals surface area contributed by atoms with Crippen LogP contribution < -0.4 is 0 Å². The molecule has 8 aromatic rings. The molecule has 0 unspecified atom stereocenters. The van der Waals surface area contributed by atoms with Crippen LogP contribution in [0.5, 0.6) is 0 Å². The molecule has 0 fully saturated rings. The van der Waals surface area contributed by atoms with Crippen molar-refractivity contribution in [3.05, 3.63) is 131 Å². The minimum atomic E-state index is 1.27. The summed E-state index contributed by atoms with van der Waals surface area (Å²) in [6.07, 6.45) is 0. The average Bonchev–Trinajstić information content (AvgIpc) is 3.82. The first-order valence-electron chi connectivity index (χ1n) is 14.6. The summed E-state index contributed by atoms with van der Waals surface area (Å²) in [6, 6.07) is 40.8. The molecule has 44 heavy (non-hydrogen) atoms. The molecule has 0 nitrogen and oxygen atoms in total. The predicted octanol–water partition coefficient (Wildman–Crippen LogP) is 13.8. The van der Waals surface area contributed by atoms with E-state index in [1.165, 1.54) is 96.0 Å². The van der Waals surface area contributed by atoms with Gasteiger partial charge in [-0.2, -0.15) is 22.7 Å². The second-order valence-corrected chi connectivity index (χ2v) is 15.0. The van der Waals surface area contributed by atoms with E-state index in [2.05, 4.69) is 131 Å². The van der Waals surface area contributed by atoms with Crippen molar-refractivity contribution in [2.75, 3.05) is 0 Å². The number of benzene rings is 6. The van der Waals surface area contributed by atoms with Gasteiger partial charge in [-0.25, -0.2) is 0 Å². The van der Waals surface area contributed by atoms with Crippen LogP contribution in [0.3, 0.4) is 0 Å². The van der Waals surface area contributed by atoms with Gasteiger partial charge in [-0.15, -0.1) is 22.7 Å². The van der Waals surface area contributed by atoms with E-state index in [0.717, 1.165) is 0 Å². The molecule has 0 amide bonds. The summed E-state index contributed by atoms with van der Waals surface area (Å²) in [6.45, 7) is 0. The predicted molar refractivity (Wildman–Crippen MR) is 198 cm³/mol. The van der Waals surface area contributed by atoms with Crippen LogP contribution in [0.15, 0.2) is 131 Å². The summed E-state index contributed by atoms with van der Waals surface area (Å²) in [7, 11) is 0. The first-order chi connectivity index (χ1) is 21.8. The molecular formula is C40H22S4. The van der Waals surface area contributed by atoms with Gasteiger partial charge in [0.1, 0.15) is 0 Å². The Morgan fingerprint density at radius 2 is 0.841 bits per heavy atom. The maximum atomic E-state index is 2.43. The fourth-order valence-corrected chi connectivity index (χ4v) is 11.0. The molecule has 0 saturated carbocycles. The van der Waals surface area contributed by atoms with Gasteiger partial charge in [-0.05, 0) is 102 Å². The summed E-state index contributed by atoms with van der Waals surface area (Å²) in [4.78, 5) is 0. The molecular weight excluding hydrogens is 609 g/mol. The highest BCUT2D eigenvalue weighted by molar-refractivity contribution is 7.27. The molecule has 0 bridgehead atoms. The van der Waals surface area contributed by atoms with Gasteiger partial charge in [0.2, 0.25) is 0 Å². The first-order valence-corrected chi connectivity index (χ1v) is 18.1. The quantitative estimate of drug-likeness (QED) is 0.134. The molecule has 206 valence electrons. The second kappa shape index (κ2) is 9.59. The monoisotopic (exact) mass is 630 g/mol. The summed E-state index contributed by atoms with van der Waals surface area (Å²) in [5.74, 6) is 0. The minimum absolute atomic E-state index is 1.27. The van der Waals surface area contributed by atoms with Crippen LogP contribution >= 0.6 is 45.3 Å². The second-order valence-electron chi connectivity index (χ2n) is 11.3. The molecule has 6 aromatic carbocycles. The number of hydrogen-bond donors (Lipinski definition) is 0. The normalized spacial score (nSPS) is 12.1. The van der Waals surface area contributed by atoms with Gasteiger partial charge in [-0.1, -0.05) is 72.8 Å². The SMILES string of the molecule is c1ccc(-c2c(-c3ccsc3)cc3ccc4sc5c(-c6ccccc6)c(-c6ccsc6)cc6ccc7sc2c3c4-c7c65)cc1. The van der Waals surface area contributed by atoms with E-state index in [1.54, 1.807) is 22.7 Å². The zero-order valence-electron chi connectivity index (χ0n) is 23.3. The lowest BCUT2D eigenvalue weighted by molar-refractivity contribution is 1.66. The molecule has 0 N–H and O–H groups in total. The Morgan fingerprint density at radius 1 is 0.386 bits per heavy atom. The number of rotatable bonds is 4. The molecule has 0 radical (unpaired) electrons. The van der Waals surface area contributed by atoms with Crippen molar-refractivity contribution in [2.45, 2.75) is 0 Å². The smallest absolute Gasteiger partial charge is 0.0446 e. The maximum Gasteiger partial charge on any atom is 0.0446 e. The van der Waals surface area contributed by atoms with Crippen molar-refractivity contribution in [2.24, 2.45) is 0 Å². The zero-order valence-corrected chi connectivity index (χ0v) is 26.6. The topological polar surface area (TPSA) is 0 Å². The maximum absolute atomic E-state index is 2.43. The molecule has 2 aromatic heterocycles. The molecule has 0 spiro atoms. The summed E-state index contributed by atoms with van der Waals surface area (Å²) in [5.41, 5.74) is 13.3. The molecule has 10 rings (SSSR count). The van der Waals surface area contributed by atoms with E-state index < -0.39 is 0 Å². The van der Waals surface area contributed by atoms with Gasteiger partial charge in [-0.3, -0.25) is 0 Å². The van der Waals surface area contributed by atoms with Crippen molar-refractivity contribution in [1.29, 1.82) is 0 Å². The highest BCUT2D eigenvalue weighted by atomic mass is 32.1. The van der Waals surface area contributed by atoms with Crippen molar-refractivity contribution >= 4 is 85.7 Å². The third-order valence-electron chi connectivity index (χ3n) is 8.91. The van der Waals surface area contributed by atoms with E-state index in [1.807, 2.05) is 22.7 Å². The van der Waals surface area contributed by atoms with Crippen LogP contribution in [-0.4, -0.2) is 0 Å². The lowest BCUT2D eigenvalue weighted by Gasteiger charge is -2.25. The third kappa shape index (κ3) is 3.54. The van der Waals surface area contributed by atoms with E-state index in [0.29, 0.717) is 0 Å². The highest BCUT2D eigenvalue weighted by Crippen LogP contribution is 2.57. The molecule has 4 heteroatoms. The van der Waals surface area contributed by atoms with Gasteiger partial charge in [0, 0.05) is 51.8 Å². The number of thiophene rings is 2. The minimum Gasteiger partial charge on any atom is -0.152 e. The fraction of sp³-hybridized carbons (Fsp3) is 0. The molecule has 2 aliphatic rings. The van der Waals surface area contributed by atoms with Crippen molar-refractivity contribution < 1.29 is 0 Å². The van der Waals surface area contributed by atoms with Crippen LogP contribution in [0.4, 0.5) is 0 Å². The Kier molecular flexibility index (Phi) is 5.46. The van der Waals surface area contributed by atoms with Crippen LogP contribution in [0, 0.1) is 0 Å². The molecule has 0 saturated heterocycles. The molecule has 4 heterocycles. The van der Waals surface area contributed by atoms with E-state index in [-0.39, 0.29) is 0 Å². The van der Waals surface area contributed by atoms with Crippen LogP contribution in [0.1, 0.15) is 0 Å². The van der Waals surface area contributed by atoms with Crippen LogP contribution in [0.2, 0.25) is 0 Å². The van der Waals surface area contributed by atoms with Gasteiger partial charge < -0.3 is 0 Å². The van der Waals surface area contributed by atoms with Gasteiger partial charge in [0.25, 0.3) is 0 Å². The summed E-state index contributed by atoms with van der Waals surface area (Å²) < 4.78 is 5.45. The van der Waals surface area contributed by atoms with E-state index >= 15 is 0 Å². The van der Waals surface area contributed by atoms with Crippen molar-refractivity contribution in [3.63, 3.8) is 0 Å². The average molecular weight is 631 g/mol. The van der Waals surface area contributed by atoms with Gasteiger partial charge >= 0.3 is 0 Å². The van der Waals surface area contributed by atoms with E-state index in [9.17, 15) is 0 Å². The van der Waals surface area contributed by atoms with Crippen molar-refractivity contribution in [1.82, 2.24) is 0 Å². The Balaban J connectivity index is 1.41. The van der Waals surface area contributed by atoms with E-state index in [4.69, 9.17) is 0 Å². The summed E-state index contributed by atoms with van der Waals surface area (Å²) in [5, 5.41) is 14.4. The Morgan fingerprint density at radius 3 is 1.25 bits per heavy atom. The largest absolute Gasteiger partial charge is 0.152 e. The first kappa shape index (κ1) is 25.1. The lowest BCUT2D eigenvalue weighted by atomic mass is 9.86. The highest BCUT2D eigenvalue weighted by Gasteiger charge is 2.27. The molecule has 2 aliphatic heterocycles. The Labute approximate surface area is 270 Å². The van der Waals surface area contributed by atoms with Crippen LogP contribution in [-0.2, 0) is 0 Å². The van der Waals surface area contributed by atoms with Crippen LogP contribution in [0.25, 0.3) is 96.0 Å². The van der Waals surface area contributed by atoms with Gasteiger partial charge in [0.05, 0.1) is 0 Å². The van der Waals surface area contributed by atoms with Gasteiger partial charge in [0.15, 0.2) is 0 Å². The zero-order chi connectivity index (χ0) is 28.8. The lowest BCUT2D eigenvalue weighted by Crippen LogP contribution is -1.96.